The third kappa shape index (κ3) is 3.79. The summed E-state index contributed by atoms with van der Waals surface area (Å²) >= 11 is 0. The highest BCUT2D eigenvalue weighted by Crippen LogP contribution is 2.23. The lowest BCUT2D eigenvalue weighted by Crippen LogP contribution is -2.55. The van der Waals surface area contributed by atoms with Gasteiger partial charge in [-0.1, -0.05) is 32.0 Å². The van der Waals surface area contributed by atoms with Crippen LogP contribution in [0.2, 0.25) is 0 Å². The van der Waals surface area contributed by atoms with Crippen molar-refractivity contribution in [3.8, 4) is 11.1 Å². The van der Waals surface area contributed by atoms with Crippen molar-refractivity contribution in [3.63, 3.8) is 0 Å². The molecule has 5 heteroatoms. The minimum atomic E-state index is -0.627. The topological polar surface area (TPSA) is 55.1 Å². The molecule has 1 amide bonds. The van der Waals surface area contributed by atoms with Gasteiger partial charge in [0, 0.05) is 6.54 Å². The van der Waals surface area contributed by atoms with Crippen molar-refractivity contribution in [3.05, 3.63) is 59.7 Å². The molecule has 128 valence electrons. The molecule has 0 aromatic heterocycles. The summed E-state index contributed by atoms with van der Waals surface area (Å²) in [5, 5.41) is 2.81. The van der Waals surface area contributed by atoms with Crippen LogP contribution in [0.25, 0.3) is 11.1 Å². The Morgan fingerprint density at radius 3 is 2.21 bits per heavy atom. The minimum Gasteiger partial charge on any atom is -0.345 e. The van der Waals surface area contributed by atoms with Crippen LogP contribution in [0, 0.1) is 17.6 Å². The summed E-state index contributed by atoms with van der Waals surface area (Å²) in [7, 11) is 0. The van der Waals surface area contributed by atoms with E-state index in [2.05, 4.69) is 5.32 Å². The number of hydrogen-bond donors (Lipinski definition) is 2. The van der Waals surface area contributed by atoms with Gasteiger partial charge in [0.1, 0.15) is 11.6 Å². The molecule has 0 aliphatic rings. The molecule has 2 rings (SSSR count). The summed E-state index contributed by atoms with van der Waals surface area (Å²) in [4.78, 5) is 12.4. The van der Waals surface area contributed by atoms with Crippen molar-refractivity contribution in [2.75, 3.05) is 6.54 Å². The molecule has 3 N–H and O–H groups in total. The summed E-state index contributed by atoms with van der Waals surface area (Å²) in [5.41, 5.74) is 6.35. The number of amides is 1. The Balaban J connectivity index is 2.26. The van der Waals surface area contributed by atoms with E-state index in [1.807, 2.05) is 20.8 Å². The van der Waals surface area contributed by atoms with Crippen LogP contribution in [0.4, 0.5) is 8.78 Å². The number of halogens is 2. The van der Waals surface area contributed by atoms with Crippen LogP contribution in [0.15, 0.2) is 42.5 Å². The second-order valence-electron chi connectivity index (χ2n) is 6.43. The molecule has 1 atom stereocenters. The van der Waals surface area contributed by atoms with Crippen LogP contribution < -0.4 is 11.1 Å². The SMILES string of the molecule is CC(C)C(C)(CN)NC(=O)c1ccc(-c2ccc(F)cc2)cc1F. The van der Waals surface area contributed by atoms with Crippen molar-refractivity contribution < 1.29 is 13.6 Å². The molecule has 0 aliphatic carbocycles. The predicted octanol–water partition coefficient (Wildman–Crippen LogP) is 3.74. The molecule has 0 aliphatic heterocycles. The van der Waals surface area contributed by atoms with E-state index in [1.165, 1.54) is 24.3 Å². The highest BCUT2D eigenvalue weighted by molar-refractivity contribution is 5.95. The molecule has 0 bridgehead atoms. The third-order valence-electron chi connectivity index (χ3n) is 4.49. The van der Waals surface area contributed by atoms with Crippen LogP contribution in [-0.2, 0) is 0 Å². The fraction of sp³-hybridized carbons (Fsp3) is 0.316. The smallest absolute Gasteiger partial charge is 0.254 e. The van der Waals surface area contributed by atoms with Crippen molar-refractivity contribution in [1.29, 1.82) is 0 Å². The lowest BCUT2D eigenvalue weighted by atomic mass is 9.88. The van der Waals surface area contributed by atoms with E-state index in [0.717, 1.165) is 0 Å². The van der Waals surface area contributed by atoms with E-state index in [0.29, 0.717) is 11.1 Å². The Morgan fingerprint density at radius 2 is 1.71 bits per heavy atom. The number of hydrogen-bond acceptors (Lipinski definition) is 2. The van der Waals surface area contributed by atoms with Gasteiger partial charge in [0.2, 0.25) is 0 Å². The second-order valence-corrected chi connectivity index (χ2v) is 6.43. The Hall–Kier alpha value is -2.27. The lowest BCUT2D eigenvalue weighted by Gasteiger charge is -2.33. The van der Waals surface area contributed by atoms with Gasteiger partial charge in [-0.2, -0.15) is 0 Å². The number of nitrogens with one attached hydrogen (secondary N) is 1. The standard InChI is InChI=1S/C19H22F2N2O/c1-12(2)19(3,11-22)23-18(24)16-9-6-14(10-17(16)21)13-4-7-15(20)8-5-13/h4-10,12H,11,22H2,1-3H3,(H,23,24). The predicted molar refractivity (Wildman–Crippen MR) is 91.6 cm³/mol. The molecule has 0 radical (unpaired) electrons. The Bertz CT molecular complexity index is 729. The molecular formula is C19H22F2N2O. The van der Waals surface area contributed by atoms with E-state index in [1.54, 1.807) is 18.2 Å². The zero-order chi connectivity index (χ0) is 17.9. The highest BCUT2D eigenvalue weighted by Gasteiger charge is 2.29. The van der Waals surface area contributed by atoms with Crippen LogP contribution in [0.5, 0.6) is 0 Å². The summed E-state index contributed by atoms with van der Waals surface area (Å²) in [6.45, 7) is 5.98. The van der Waals surface area contributed by atoms with Gasteiger partial charge in [0.05, 0.1) is 11.1 Å². The highest BCUT2D eigenvalue weighted by atomic mass is 19.1. The molecule has 3 nitrogen and oxygen atoms in total. The lowest BCUT2D eigenvalue weighted by molar-refractivity contribution is 0.0879. The molecule has 0 fully saturated rings. The summed E-state index contributed by atoms with van der Waals surface area (Å²) in [5.74, 6) is -1.38. The number of benzene rings is 2. The number of rotatable bonds is 5. The largest absolute Gasteiger partial charge is 0.345 e. The van der Waals surface area contributed by atoms with Gasteiger partial charge in [-0.05, 0) is 48.2 Å². The van der Waals surface area contributed by atoms with Crippen LogP contribution >= 0.6 is 0 Å². The summed E-state index contributed by atoms with van der Waals surface area (Å²) in [6.07, 6.45) is 0. The molecular weight excluding hydrogens is 310 g/mol. The maximum atomic E-state index is 14.4. The number of carbonyl (C=O) groups excluding carboxylic acids is 1. The number of nitrogens with two attached hydrogens (primary N) is 1. The van der Waals surface area contributed by atoms with Gasteiger partial charge in [0.25, 0.3) is 5.91 Å². The third-order valence-corrected chi connectivity index (χ3v) is 4.49. The molecule has 0 heterocycles. The molecule has 0 saturated carbocycles. The zero-order valence-corrected chi connectivity index (χ0v) is 14.1. The minimum absolute atomic E-state index is 0.0406. The first-order chi connectivity index (χ1) is 11.3. The van der Waals surface area contributed by atoms with Crippen molar-refractivity contribution in [2.24, 2.45) is 11.7 Å². The fourth-order valence-electron chi connectivity index (χ4n) is 2.28. The zero-order valence-electron chi connectivity index (χ0n) is 14.1. The maximum Gasteiger partial charge on any atom is 0.254 e. The van der Waals surface area contributed by atoms with Crippen LogP contribution in [0.1, 0.15) is 31.1 Å². The van der Waals surface area contributed by atoms with Gasteiger partial charge in [0.15, 0.2) is 0 Å². The second kappa shape index (κ2) is 7.09. The van der Waals surface area contributed by atoms with Gasteiger partial charge in [-0.15, -0.1) is 0 Å². The van der Waals surface area contributed by atoms with Crippen molar-refractivity contribution in [2.45, 2.75) is 26.3 Å². The maximum absolute atomic E-state index is 14.4. The first-order valence-corrected chi connectivity index (χ1v) is 7.85. The van der Waals surface area contributed by atoms with Gasteiger partial charge in [-0.3, -0.25) is 4.79 Å². The molecule has 0 spiro atoms. The summed E-state index contributed by atoms with van der Waals surface area (Å²) < 4.78 is 27.4. The first kappa shape index (κ1) is 18.1. The van der Waals surface area contributed by atoms with E-state index < -0.39 is 17.3 Å². The Morgan fingerprint density at radius 1 is 1.12 bits per heavy atom. The summed E-state index contributed by atoms with van der Waals surface area (Å²) in [6, 6.07) is 10.1. The quantitative estimate of drug-likeness (QED) is 0.876. The van der Waals surface area contributed by atoms with Crippen molar-refractivity contribution >= 4 is 5.91 Å². The van der Waals surface area contributed by atoms with E-state index in [9.17, 15) is 13.6 Å². The van der Waals surface area contributed by atoms with Gasteiger partial charge >= 0.3 is 0 Å². The monoisotopic (exact) mass is 332 g/mol. The molecule has 2 aromatic carbocycles. The van der Waals surface area contributed by atoms with E-state index >= 15 is 0 Å². The normalized spacial score (nSPS) is 13.6. The Labute approximate surface area is 140 Å². The van der Waals surface area contributed by atoms with Gasteiger partial charge < -0.3 is 11.1 Å². The Kier molecular flexibility index (Phi) is 5.34. The fourth-order valence-corrected chi connectivity index (χ4v) is 2.28. The average Bonchev–Trinajstić information content (AvgIpc) is 2.54. The number of carbonyl (C=O) groups is 1. The van der Waals surface area contributed by atoms with Crippen molar-refractivity contribution in [1.82, 2.24) is 5.32 Å². The molecule has 2 aromatic rings. The average molecular weight is 332 g/mol. The van der Waals surface area contributed by atoms with Gasteiger partial charge in [-0.25, -0.2) is 8.78 Å². The molecule has 0 saturated heterocycles. The van der Waals surface area contributed by atoms with E-state index in [4.69, 9.17) is 5.73 Å². The first-order valence-electron chi connectivity index (χ1n) is 7.85. The van der Waals surface area contributed by atoms with Crippen LogP contribution in [-0.4, -0.2) is 18.0 Å². The van der Waals surface area contributed by atoms with E-state index in [-0.39, 0.29) is 23.8 Å². The molecule has 1 unspecified atom stereocenters. The molecule has 24 heavy (non-hydrogen) atoms. The van der Waals surface area contributed by atoms with Crippen LogP contribution in [0.3, 0.4) is 0 Å².